The number of hydrogen-bond acceptors (Lipinski definition) is 7. The first-order valence-electron chi connectivity index (χ1n) is 9.28. The van der Waals surface area contributed by atoms with Crippen LogP contribution >= 0.6 is 0 Å². The maximum absolute atomic E-state index is 12.8. The lowest BCUT2D eigenvalue weighted by atomic mass is 10.1. The Labute approximate surface area is 184 Å². The Balaban J connectivity index is 1.63. The highest BCUT2D eigenvalue weighted by Gasteiger charge is 2.33. The fourth-order valence-electron chi connectivity index (χ4n) is 2.86. The number of ether oxygens (including phenoxy) is 1. The molecule has 0 fully saturated rings. The molecular weight excluding hydrogens is 447 g/mol. The van der Waals surface area contributed by atoms with E-state index in [1.807, 2.05) is 19.9 Å². The van der Waals surface area contributed by atoms with Crippen molar-refractivity contribution in [1.29, 1.82) is 0 Å². The molecule has 3 rings (SSSR count). The van der Waals surface area contributed by atoms with Gasteiger partial charge >= 0.3 is 12.1 Å². The summed E-state index contributed by atoms with van der Waals surface area (Å²) < 4.78 is 44.7. The van der Waals surface area contributed by atoms with Crippen LogP contribution in [0.5, 0.6) is 0 Å². The van der Waals surface area contributed by atoms with E-state index in [2.05, 4.69) is 15.4 Å². The van der Waals surface area contributed by atoms with Gasteiger partial charge in [-0.3, -0.25) is 14.9 Å². The molecule has 0 spiro atoms. The Morgan fingerprint density at radius 3 is 2.45 bits per heavy atom. The molecule has 0 saturated carbocycles. The zero-order valence-electron chi connectivity index (χ0n) is 17.2. The minimum absolute atomic E-state index is 0.0357. The van der Waals surface area contributed by atoms with Gasteiger partial charge in [0.05, 0.1) is 21.7 Å². The molecule has 0 saturated heterocycles. The fraction of sp³-hybridized carbons (Fsp3) is 0.200. The van der Waals surface area contributed by atoms with E-state index in [-0.39, 0.29) is 5.56 Å². The maximum atomic E-state index is 12.8. The maximum Gasteiger partial charge on any atom is 0.416 e. The number of rotatable bonds is 6. The van der Waals surface area contributed by atoms with E-state index >= 15 is 0 Å². The van der Waals surface area contributed by atoms with Crippen molar-refractivity contribution in [2.24, 2.45) is 0 Å². The van der Waals surface area contributed by atoms with E-state index in [0.29, 0.717) is 18.0 Å². The minimum Gasteiger partial charge on any atom is -0.452 e. The molecule has 13 heteroatoms. The summed E-state index contributed by atoms with van der Waals surface area (Å²) in [5.74, 6) is -1.40. The van der Waals surface area contributed by atoms with Crippen LogP contribution in [0.2, 0.25) is 0 Å². The van der Waals surface area contributed by atoms with Crippen LogP contribution in [0.3, 0.4) is 0 Å². The van der Waals surface area contributed by atoms with Gasteiger partial charge in [0.1, 0.15) is 5.69 Å². The average Bonchev–Trinajstić information content (AvgIpc) is 3.09. The fourth-order valence-corrected chi connectivity index (χ4v) is 2.86. The number of aromatic nitrogens is 3. The molecular formula is C20H16F3N5O5. The first-order valence-corrected chi connectivity index (χ1v) is 9.28. The zero-order chi connectivity index (χ0) is 24.3. The quantitative estimate of drug-likeness (QED) is 0.336. The van der Waals surface area contributed by atoms with Gasteiger partial charge in [0, 0.05) is 18.0 Å². The number of nitrogens with one attached hydrogen (secondary N) is 1. The summed E-state index contributed by atoms with van der Waals surface area (Å²) in [6, 6.07) is 6.44. The third kappa shape index (κ3) is 5.50. The van der Waals surface area contributed by atoms with Gasteiger partial charge in [-0.1, -0.05) is 0 Å². The highest BCUT2D eigenvalue weighted by molar-refractivity contribution is 5.96. The van der Waals surface area contributed by atoms with Crippen LogP contribution in [0, 0.1) is 24.0 Å². The number of alkyl halides is 3. The van der Waals surface area contributed by atoms with Gasteiger partial charge in [-0.2, -0.15) is 18.3 Å². The molecule has 3 aromatic rings. The lowest BCUT2D eigenvalue weighted by Gasteiger charge is -2.10. The van der Waals surface area contributed by atoms with Crippen molar-refractivity contribution >= 4 is 23.3 Å². The summed E-state index contributed by atoms with van der Waals surface area (Å²) in [5, 5.41) is 17.4. The van der Waals surface area contributed by atoms with E-state index in [1.54, 1.807) is 4.68 Å². The number of nitro benzene ring substituents is 1. The Morgan fingerprint density at radius 1 is 1.18 bits per heavy atom. The number of carbonyl (C=O) groups is 2. The molecule has 0 atom stereocenters. The van der Waals surface area contributed by atoms with Crippen LogP contribution in [0.1, 0.15) is 27.3 Å². The predicted octanol–water partition coefficient (Wildman–Crippen LogP) is 3.61. The smallest absolute Gasteiger partial charge is 0.416 e. The third-order valence-electron chi connectivity index (χ3n) is 4.34. The topological polar surface area (TPSA) is 129 Å². The summed E-state index contributed by atoms with van der Waals surface area (Å²) in [6.45, 7) is 2.83. The van der Waals surface area contributed by atoms with Gasteiger partial charge in [-0.05, 0) is 44.2 Å². The largest absolute Gasteiger partial charge is 0.452 e. The molecule has 33 heavy (non-hydrogen) atoms. The van der Waals surface area contributed by atoms with Crippen LogP contribution in [0.4, 0.5) is 24.5 Å². The zero-order valence-corrected chi connectivity index (χ0v) is 17.2. The molecule has 0 radical (unpaired) electrons. The molecule has 0 aliphatic rings. The summed E-state index contributed by atoms with van der Waals surface area (Å²) >= 11 is 0. The summed E-state index contributed by atoms with van der Waals surface area (Å²) in [4.78, 5) is 38.3. The van der Waals surface area contributed by atoms with Crippen LogP contribution in [0.15, 0.2) is 42.6 Å². The summed E-state index contributed by atoms with van der Waals surface area (Å²) in [6.07, 6.45) is -3.56. The summed E-state index contributed by atoms with van der Waals surface area (Å²) in [5.41, 5.74) is -0.997. The van der Waals surface area contributed by atoms with E-state index in [4.69, 9.17) is 4.74 Å². The molecule has 0 aliphatic heterocycles. The van der Waals surface area contributed by atoms with Gasteiger partial charge in [-0.15, -0.1) is 0 Å². The van der Waals surface area contributed by atoms with Gasteiger partial charge in [0.2, 0.25) is 0 Å². The standard InChI is InChI=1S/C20H16F3N5O5/c1-11-7-12(2)27(26-11)17-6-3-13(9-24-17)19(30)33-10-18(29)25-15-5-4-14(20(21,22)23)8-16(15)28(31)32/h3-9H,10H2,1-2H3,(H,25,29). The van der Waals surface area contributed by atoms with Gasteiger partial charge in [0.25, 0.3) is 11.6 Å². The molecule has 172 valence electrons. The number of nitro groups is 1. The molecule has 0 unspecified atom stereocenters. The molecule has 0 bridgehead atoms. The summed E-state index contributed by atoms with van der Waals surface area (Å²) in [7, 11) is 0. The molecule has 0 aliphatic carbocycles. The predicted molar refractivity (Wildman–Crippen MR) is 108 cm³/mol. The van der Waals surface area contributed by atoms with Crippen molar-refractivity contribution in [3.05, 3.63) is 75.2 Å². The average molecular weight is 463 g/mol. The number of anilines is 1. The minimum atomic E-state index is -4.79. The number of halogens is 3. The van der Waals surface area contributed by atoms with Crippen molar-refractivity contribution in [3.8, 4) is 5.82 Å². The molecule has 2 heterocycles. The SMILES string of the molecule is Cc1cc(C)n(-c2ccc(C(=O)OCC(=O)Nc3ccc(C(F)(F)F)cc3[N+](=O)[O-])cn2)n1. The van der Waals surface area contributed by atoms with Crippen LogP contribution in [-0.4, -0.2) is 38.2 Å². The Bertz CT molecular complexity index is 1220. The first kappa shape index (κ1) is 23.4. The highest BCUT2D eigenvalue weighted by Crippen LogP contribution is 2.34. The van der Waals surface area contributed by atoms with Crippen LogP contribution in [0.25, 0.3) is 5.82 Å². The van der Waals surface area contributed by atoms with Crippen molar-refractivity contribution in [1.82, 2.24) is 14.8 Å². The second-order valence-corrected chi connectivity index (χ2v) is 6.86. The number of benzene rings is 1. The second-order valence-electron chi connectivity index (χ2n) is 6.86. The monoisotopic (exact) mass is 463 g/mol. The molecule has 1 N–H and O–H groups in total. The van der Waals surface area contributed by atoms with Crippen LogP contribution in [-0.2, 0) is 15.7 Å². The first-order chi connectivity index (χ1) is 15.5. The number of esters is 1. The lowest BCUT2D eigenvalue weighted by Crippen LogP contribution is -2.21. The Hall–Kier alpha value is -4.29. The number of hydrogen-bond donors (Lipinski definition) is 1. The van der Waals surface area contributed by atoms with E-state index < -0.39 is 46.5 Å². The normalized spacial score (nSPS) is 11.2. The third-order valence-corrected chi connectivity index (χ3v) is 4.34. The number of amides is 1. The Morgan fingerprint density at radius 2 is 1.91 bits per heavy atom. The van der Waals surface area contributed by atoms with Crippen molar-refractivity contribution in [3.63, 3.8) is 0 Å². The second kappa shape index (κ2) is 9.06. The lowest BCUT2D eigenvalue weighted by molar-refractivity contribution is -0.384. The van der Waals surface area contributed by atoms with Gasteiger partial charge < -0.3 is 10.1 Å². The number of nitrogens with zero attached hydrogens (tertiary/aromatic N) is 4. The van der Waals surface area contributed by atoms with Crippen molar-refractivity contribution in [2.45, 2.75) is 20.0 Å². The van der Waals surface area contributed by atoms with E-state index in [1.165, 1.54) is 18.3 Å². The number of aryl methyl sites for hydroxylation is 2. The Kier molecular flexibility index (Phi) is 6.42. The molecule has 2 aromatic heterocycles. The van der Waals surface area contributed by atoms with Crippen LogP contribution < -0.4 is 5.32 Å². The highest BCUT2D eigenvalue weighted by atomic mass is 19.4. The molecule has 10 nitrogen and oxygen atoms in total. The van der Waals surface area contributed by atoms with E-state index in [9.17, 15) is 32.9 Å². The van der Waals surface area contributed by atoms with E-state index in [0.717, 1.165) is 17.5 Å². The number of carbonyl (C=O) groups excluding carboxylic acids is 2. The van der Waals surface area contributed by atoms with Gasteiger partial charge in [-0.25, -0.2) is 14.5 Å². The molecule has 1 aromatic carbocycles. The van der Waals surface area contributed by atoms with Crippen molar-refractivity contribution in [2.75, 3.05) is 11.9 Å². The number of pyridine rings is 1. The van der Waals surface area contributed by atoms with Crippen molar-refractivity contribution < 1.29 is 32.4 Å². The molecule has 1 amide bonds. The van der Waals surface area contributed by atoms with Gasteiger partial charge in [0.15, 0.2) is 12.4 Å².